The van der Waals surface area contributed by atoms with Crippen molar-refractivity contribution in [3.63, 3.8) is 0 Å². The maximum absolute atomic E-state index is 12.9. The van der Waals surface area contributed by atoms with Gasteiger partial charge in [-0.3, -0.25) is 4.79 Å². The molecule has 1 aliphatic rings. The molecule has 1 aliphatic heterocycles. The van der Waals surface area contributed by atoms with Crippen molar-refractivity contribution in [2.24, 2.45) is 0 Å². The highest BCUT2D eigenvalue weighted by Gasteiger charge is 2.25. The van der Waals surface area contributed by atoms with Crippen molar-refractivity contribution in [2.75, 3.05) is 20.2 Å². The molecule has 2 heterocycles. The lowest BCUT2D eigenvalue weighted by Crippen LogP contribution is -2.27. The van der Waals surface area contributed by atoms with E-state index >= 15 is 0 Å². The number of aromatic nitrogens is 2. The van der Waals surface area contributed by atoms with Gasteiger partial charge < -0.3 is 9.94 Å². The van der Waals surface area contributed by atoms with E-state index < -0.39 is 0 Å². The van der Waals surface area contributed by atoms with Crippen LogP contribution in [0.15, 0.2) is 16.9 Å². The Balaban J connectivity index is 2.17. The summed E-state index contributed by atoms with van der Waals surface area (Å²) in [6, 6.07) is 3.62. The Bertz CT molecular complexity index is 787. The van der Waals surface area contributed by atoms with Crippen LogP contribution in [-0.2, 0) is 17.9 Å². The lowest BCUT2D eigenvalue weighted by molar-refractivity contribution is -0.130. The number of benzene rings is 1. The van der Waals surface area contributed by atoms with Crippen molar-refractivity contribution in [1.29, 1.82) is 0 Å². The van der Waals surface area contributed by atoms with Crippen molar-refractivity contribution < 1.29 is 9.94 Å². The van der Waals surface area contributed by atoms with E-state index in [0.29, 0.717) is 36.8 Å². The highest BCUT2D eigenvalue weighted by atomic mass is 35.5. The van der Waals surface area contributed by atoms with E-state index in [2.05, 4.69) is 0 Å². The van der Waals surface area contributed by atoms with Crippen molar-refractivity contribution in [2.45, 2.75) is 26.9 Å². The number of halogens is 1. The number of nitrogens with zero attached hydrogens (tertiary/aromatic N) is 3. The third kappa shape index (κ3) is 2.67. The predicted molar refractivity (Wildman–Crippen MR) is 88.9 cm³/mol. The van der Waals surface area contributed by atoms with Crippen LogP contribution in [0, 0.1) is 13.8 Å². The third-order valence-electron chi connectivity index (χ3n) is 4.34. The fourth-order valence-corrected chi connectivity index (χ4v) is 3.58. The molecule has 7 heteroatoms. The van der Waals surface area contributed by atoms with Gasteiger partial charge in [-0.1, -0.05) is 11.6 Å². The van der Waals surface area contributed by atoms with Crippen molar-refractivity contribution in [3.8, 4) is 17.0 Å². The maximum atomic E-state index is 12.9. The molecule has 124 valence electrons. The summed E-state index contributed by atoms with van der Waals surface area (Å²) in [6.07, 6.45) is 0. The second-order valence-corrected chi connectivity index (χ2v) is 6.21. The van der Waals surface area contributed by atoms with Crippen LogP contribution >= 0.6 is 11.6 Å². The van der Waals surface area contributed by atoms with Crippen molar-refractivity contribution >= 4 is 11.6 Å². The molecule has 0 saturated heterocycles. The lowest BCUT2D eigenvalue weighted by Gasteiger charge is -2.15. The molecule has 0 fully saturated rings. The summed E-state index contributed by atoms with van der Waals surface area (Å²) < 4.78 is 3.21. The standard InChI is InChI=1S/C16H20ClN3O3/c1-10-8-12(17)9-11(2)13(10)14-15(21)19-6-4-18(23-3)5-7-20(19)16(14)22/h8-9,21H,4-7H2,1-3H3. The molecule has 0 unspecified atom stereocenters. The predicted octanol–water partition coefficient (Wildman–Crippen LogP) is 2.17. The van der Waals surface area contributed by atoms with Gasteiger partial charge in [-0.15, -0.1) is 0 Å². The van der Waals surface area contributed by atoms with E-state index in [1.807, 2.05) is 26.0 Å². The molecule has 23 heavy (non-hydrogen) atoms. The fraction of sp³-hybridized carbons (Fsp3) is 0.438. The number of aryl methyl sites for hydroxylation is 2. The molecule has 0 spiro atoms. The minimum atomic E-state index is -0.186. The molecule has 2 aromatic rings. The molecule has 0 bridgehead atoms. The average molecular weight is 338 g/mol. The number of aromatic hydroxyl groups is 1. The topological polar surface area (TPSA) is 59.6 Å². The number of hydrogen-bond acceptors (Lipinski definition) is 4. The summed E-state index contributed by atoms with van der Waals surface area (Å²) in [7, 11) is 1.61. The Labute approximate surface area is 139 Å². The fourth-order valence-electron chi connectivity index (χ4n) is 3.26. The van der Waals surface area contributed by atoms with Crippen molar-refractivity contribution in [1.82, 2.24) is 14.4 Å². The van der Waals surface area contributed by atoms with Gasteiger partial charge in [0.1, 0.15) is 5.56 Å². The van der Waals surface area contributed by atoms with E-state index in [1.165, 1.54) is 0 Å². The van der Waals surface area contributed by atoms with Gasteiger partial charge in [-0.2, -0.15) is 5.06 Å². The van der Waals surface area contributed by atoms with Gasteiger partial charge in [-0.25, -0.2) is 9.36 Å². The molecular formula is C16H20ClN3O3. The summed E-state index contributed by atoms with van der Waals surface area (Å²) in [5, 5.41) is 13.1. The van der Waals surface area contributed by atoms with Crippen LogP contribution in [0.1, 0.15) is 11.1 Å². The van der Waals surface area contributed by atoms with Gasteiger partial charge in [0.05, 0.1) is 20.2 Å². The number of fused-ring (bicyclic) bond motifs is 1. The molecule has 3 rings (SSSR count). The molecule has 0 saturated carbocycles. The number of hydroxylamine groups is 2. The molecular weight excluding hydrogens is 318 g/mol. The second-order valence-electron chi connectivity index (χ2n) is 5.78. The van der Waals surface area contributed by atoms with Gasteiger partial charge in [0.15, 0.2) is 0 Å². The van der Waals surface area contributed by atoms with E-state index in [9.17, 15) is 9.90 Å². The zero-order valence-corrected chi connectivity index (χ0v) is 14.2. The van der Waals surface area contributed by atoms with Crippen LogP contribution in [0.3, 0.4) is 0 Å². The largest absolute Gasteiger partial charge is 0.493 e. The van der Waals surface area contributed by atoms with Gasteiger partial charge in [0.25, 0.3) is 5.56 Å². The molecule has 0 aliphatic carbocycles. The molecule has 0 atom stereocenters. The zero-order valence-electron chi connectivity index (χ0n) is 13.5. The molecule has 1 aromatic carbocycles. The zero-order chi connectivity index (χ0) is 16.7. The Morgan fingerprint density at radius 3 is 2.17 bits per heavy atom. The normalized spacial score (nSPS) is 15.5. The molecule has 0 amide bonds. The quantitative estimate of drug-likeness (QED) is 0.912. The van der Waals surface area contributed by atoms with E-state index in [4.69, 9.17) is 16.4 Å². The second kappa shape index (κ2) is 6.03. The smallest absolute Gasteiger partial charge is 0.278 e. The molecule has 6 nitrogen and oxygen atoms in total. The van der Waals surface area contributed by atoms with Gasteiger partial charge in [0, 0.05) is 18.1 Å². The first kappa shape index (κ1) is 16.1. The first-order valence-corrected chi connectivity index (χ1v) is 7.90. The summed E-state index contributed by atoms with van der Waals surface area (Å²) in [6.45, 7) is 5.95. The molecule has 1 aromatic heterocycles. The van der Waals surface area contributed by atoms with Crippen LogP contribution in [0.4, 0.5) is 0 Å². The summed E-state index contributed by atoms with van der Waals surface area (Å²) in [5.41, 5.74) is 2.68. The minimum Gasteiger partial charge on any atom is -0.493 e. The maximum Gasteiger partial charge on any atom is 0.278 e. The van der Waals surface area contributed by atoms with Crippen molar-refractivity contribution in [3.05, 3.63) is 38.6 Å². The van der Waals surface area contributed by atoms with Crippen LogP contribution in [-0.4, -0.2) is 39.7 Å². The Morgan fingerprint density at radius 1 is 1.04 bits per heavy atom. The number of rotatable bonds is 2. The summed E-state index contributed by atoms with van der Waals surface area (Å²) in [5.74, 6) is 0.00137. The molecule has 1 N–H and O–H groups in total. The summed E-state index contributed by atoms with van der Waals surface area (Å²) >= 11 is 6.07. The highest BCUT2D eigenvalue weighted by molar-refractivity contribution is 6.30. The average Bonchev–Trinajstić information content (AvgIpc) is 2.67. The van der Waals surface area contributed by atoms with Gasteiger partial charge in [0.2, 0.25) is 5.88 Å². The monoisotopic (exact) mass is 337 g/mol. The summed E-state index contributed by atoms with van der Waals surface area (Å²) in [4.78, 5) is 18.1. The van der Waals surface area contributed by atoms with Crippen LogP contribution in [0.2, 0.25) is 5.02 Å². The first-order chi connectivity index (χ1) is 10.9. The highest BCUT2D eigenvalue weighted by Crippen LogP contribution is 2.34. The van der Waals surface area contributed by atoms with E-state index in [1.54, 1.807) is 21.5 Å². The third-order valence-corrected chi connectivity index (χ3v) is 4.55. The Hall–Kier alpha value is -1.76. The number of hydrogen-bond donors (Lipinski definition) is 1. The van der Waals surface area contributed by atoms with Crippen LogP contribution in [0.25, 0.3) is 11.1 Å². The van der Waals surface area contributed by atoms with Crippen LogP contribution < -0.4 is 5.56 Å². The van der Waals surface area contributed by atoms with Crippen LogP contribution in [0.5, 0.6) is 5.88 Å². The Morgan fingerprint density at radius 2 is 1.61 bits per heavy atom. The van der Waals surface area contributed by atoms with E-state index in [-0.39, 0.29) is 11.4 Å². The SMILES string of the molecule is CON1CCn2c(O)c(-c3c(C)cc(Cl)cc3C)c(=O)n2CC1. The minimum absolute atomic E-state index is 0.00137. The molecule has 0 radical (unpaired) electrons. The lowest BCUT2D eigenvalue weighted by atomic mass is 9.97. The van der Waals surface area contributed by atoms with Gasteiger partial charge >= 0.3 is 0 Å². The first-order valence-electron chi connectivity index (χ1n) is 7.52. The van der Waals surface area contributed by atoms with Gasteiger partial charge in [-0.05, 0) is 42.7 Å². The van der Waals surface area contributed by atoms with E-state index in [0.717, 1.165) is 16.7 Å². The Kier molecular flexibility index (Phi) is 4.23.